The van der Waals surface area contributed by atoms with E-state index >= 15 is 0 Å². The predicted octanol–water partition coefficient (Wildman–Crippen LogP) is 1.59. The number of rotatable bonds is 8. The van der Waals surface area contributed by atoms with Gasteiger partial charge in [0.05, 0.1) is 29.8 Å². The Kier molecular flexibility index (Phi) is 6.40. The van der Waals surface area contributed by atoms with Gasteiger partial charge in [0.25, 0.3) is 5.91 Å². The molecule has 3 N–H and O–H groups in total. The third-order valence-electron chi connectivity index (χ3n) is 3.57. The van der Waals surface area contributed by atoms with Crippen molar-refractivity contribution in [2.75, 3.05) is 29.0 Å². The first-order valence-electron chi connectivity index (χ1n) is 8.11. The lowest BCUT2D eigenvalue weighted by molar-refractivity contribution is -0.114. The monoisotopic (exact) mass is 391 g/mol. The Bertz CT molecular complexity index is 944. The molecule has 0 saturated heterocycles. The maximum absolute atomic E-state index is 12.4. The summed E-state index contributed by atoms with van der Waals surface area (Å²) in [4.78, 5) is 23.9. The van der Waals surface area contributed by atoms with Crippen LogP contribution in [0.1, 0.15) is 17.3 Å². The standard InChI is InChI=1S/C18H21N3O5S/c1-3-26-14-8-6-7-13(11-14)21(27(2,24)25)12-17(22)20-16-10-5-4-9-15(16)18(19)23/h4-11H,3,12H2,1-2H3,(H2,19,23)(H,20,22). The predicted molar refractivity (Wildman–Crippen MR) is 103 cm³/mol. The van der Waals surface area contributed by atoms with Crippen LogP contribution in [0.2, 0.25) is 0 Å². The first kappa shape index (κ1) is 20.2. The van der Waals surface area contributed by atoms with E-state index in [4.69, 9.17) is 10.5 Å². The van der Waals surface area contributed by atoms with E-state index in [1.807, 2.05) is 6.92 Å². The molecular formula is C18H21N3O5S. The Morgan fingerprint density at radius 3 is 2.48 bits per heavy atom. The number of benzene rings is 2. The average Bonchev–Trinajstić information content (AvgIpc) is 2.59. The number of ether oxygens (including phenoxy) is 1. The number of hydrogen-bond acceptors (Lipinski definition) is 5. The number of anilines is 2. The van der Waals surface area contributed by atoms with Crippen LogP contribution in [-0.2, 0) is 14.8 Å². The van der Waals surface area contributed by atoms with E-state index in [0.717, 1.165) is 10.6 Å². The fraction of sp³-hybridized carbons (Fsp3) is 0.222. The van der Waals surface area contributed by atoms with Crippen LogP contribution in [0, 0.1) is 0 Å². The van der Waals surface area contributed by atoms with Crippen LogP contribution >= 0.6 is 0 Å². The van der Waals surface area contributed by atoms with Gasteiger partial charge in [0.2, 0.25) is 15.9 Å². The molecular weight excluding hydrogens is 370 g/mol. The summed E-state index contributed by atoms with van der Waals surface area (Å²) in [6.07, 6.45) is 1.00. The molecule has 144 valence electrons. The molecule has 2 aromatic carbocycles. The van der Waals surface area contributed by atoms with E-state index < -0.39 is 28.4 Å². The first-order valence-corrected chi connectivity index (χ1v) is 9.96. The highest BCUT2D eigenvalue weighted by molar-refractivity contribution is 7.92. The molecule has 27 heavy (non-hydrogen) atoms. The maximum atomic E-state index is 12.4. The van der Waals surface area contributed by atoms with E-state index in [1.165, 1.54) is 18.2 Å². The first-order chi connectivity index (χ1) is 12.7. The molecule has 0 saturated carbocycles. The summed E-state index contributed by atoms with van der Waals surface area (Å²) in [5.74, 6) is -0.825. The summed E-state index contributed by atoms with van der Waals surface area (Å²) in [6.45, 7) is 1.76. The van der Waals surface area contributed by atoms with Crippen LogP contribution in [0.3, 0.4) is 0 Å². The molecule has 2 aromatic rings. The van der Waals surface area contributed by atoms with Crippen molar-refractivity contribution in [2.24, 2.45) is 5.73 Å². The molecule has 0 bridgehead atoms. The van der Waals surface area contributed by atoms with Gasteiger partial charge in [-0.3, -0.25) is 13.9 Å². The van der Waals surface area contributed by atoms with Crippen LogP contribution in [0.5, 0.6) is 5.75 Å². The number of carbonyl (C=O) groups excluding carboxylic acids is 2. The highest BCUT2D eigenvalue weighted by Gasteiger charge is 2.22. The molecule has 0 atom stereocenters. The highest BCUT2D eigenvalue weighted by atomic mass is 32.2. The van der Waals surface area contributed by atoms with Gasteiger partial charge in [-0.2, -0.15) is 0 Å². The van der Waals surface area contributed by atoms with Gasteiger partial charge >= 0.3 is 0 Å². The van der Waals surface area contributed by atoms with Crippen LogP contribution in [-0.4, -0.2) is 39.6 Å². The minimum Gasteiger partial charge on any atom is -0.494 e. The minimum absolute atomic E-state index is 0.134. The average molecular weight is 391 g/mol. The summed E-state index contributed by atoms with van der Waals surface area (Å²) in [5, 5.41) is 2.53. The van der Waals surface area contributed by atoms with Crippen LogP contribution in [0.15, 0.2) is 48.5 Å². The van der Waals surface area contributed by atoms with Gasteiger partial charge in [-0.1, -0.05) is 18.2 Å². The number of nitrogens with one attached hydrogen (secondary N) is 1. The highest BCUT2D eigenvalue weighted by Crippen LogP contribution is 2.23. The Hall–Kier alpha value is -3.07. The Labute approximate surface area is 158 Å². The van der Waals surface area contributed by atoms with Gasteiger partial charge in [-0.25, -0.2) is 8.42 Å². The van der Waals surface area contributed by atoms with Gasteiger partial charge in [0.15, 0.2) is 0 Å². The van der Waals surface area contributed by atoms with Crippen molar-refractivity contribution in [2.45, 2.75) is 6.92 Å². The van der Waals surface area contributed by atoms with E-state index in [1.54, 1.807) is 30.3 Å². The number of para-hydroxylation sites is 1. The third-order valence-corrected chi connectivity index (χ3v) is 4.71. The molecule has 0 radical (unpaired) electrons. The van der Waals surface area contributed by atoms with Gasteiger partial charge < -0.3 is 15.8 Å². The number of nitrogens with zero attached hydrogens (tertiary/aromatic N) is 1. The molecule has 0 spiro atoms. The van der Waals surface area contributed by atoms with E-state index in [9.17, 15) is 18.0 Å². The summed E-state index contributed by atoms with van der Waals surface area (Å²) >= 11 is 0. The van der Waals surface area contributed by atoms with Gasteiger partial charge in [0, 0.05) is 6.07 Å². The maximum Gasteiger partial charge on any atom is 0.250 e. The van der Waals surface area contributed by atoms with Crippen LogP contribution in [0.4, 0.5) is 11.4 Å². The smallest absolute Gasteiger partial charge is 0.250 e. The molecule has 9 heteroatoms. The minimum atomic E-state index is -3.74. The Morgan fingerprint density at radius 2 is 1.85 bits per heavy atom. The summed E-state index contributed by atoms with van der Waals surface area (Å²) in [7, 11) is -3.74. The number of sulfonamides is 1. The Balaban J connectivity index is 2.26. The zero-order valence-corrected chi connectivity index (χ0v) is 15.8. The topological polar surface area (TPSA) is 119 Å². The van der Waals surface area contributed by atoms with Crippen molar-refractivity contribution in [3.05, 3.63) is 54.1 Å². The van der Waals surface area contributed by atoms with Crippen molar-refractivity contribution in [1.29, 1.82) is 0 Å². The molecule has 0 unspecified atom stereocenters. The van der Waals surface area contributed by atoms with Crippen molar-refractivity contribution < 1.29 is 22.7 Å². The number of amides is 2. The van der Waals surface area contributed by atoms with E-state index in [0.29, 0.717) is 18.0 Å². The lowest BCUT2D eigenvalue weighted by Gasteiger charge is -2.22. The molecule has 0 aliphatic heterocycles. The number of primary amides is 1. The fourth-order valence-corrected chi connectivity index (χ4v) is 3.27. The molecule has 0 aliphatic carbocycles. The van der Waals surface area contributed by atoms with Crippen molar-refractivity contribution in [3.63, 3.8) is 0 Å². The number of hydrogen-bond donors (Lipinski definition) is 2. The molecule has 8 nitrogen and oxygen atoms in total. The zero-order valence-electron chi connectivity index (χ0n) is 15.0. The number of nitrogens with two attached hydrogens (primary N) is 1. The Morgan fingerprint density at radius 1 is 1.15 bits per heavy atom. The zero-order chi connectivity index (χ0) is 20.0. The normalized spacial score (nSPS) is 10.9. The van der Waals surface area contributed by atoms with Crippen LogP contribution in [0.25, 0.3) is 0 Å². The molecule has 0 aromatic heterocycles. The second kappa shape index (κ2) is 8.54. The fourth-order valence-electron chi connectivity index (χ4n) is 2.42. The van der Waals surface area contributed by atoms with Gasteiger partial charge in [-0.15, -0.1) is 0 Å². The second-order valence-electron chi connectivity index (χ2n) is 5.66. The molecule has 0 fully saturated rings. The van der Waals surface area contributed by atoms with E-state index in [-0.39, 0.29) is 11.3 Å². The summed E-state index contributed by atoms with van der Waals surface area (Å²) in [6, 6.07) is 12.6. The summed E-state index contributed by atoms with van der Waals surface area (Å²) < 4.78 is 30.7. The third kappa shape index (κ3) is 5.45. The van der Waals surface area contributed by atoms with E-state index in [2.05, 4.69) is 5.32 Å². The van der Waals surface area contributed by atoms with Gasteiger partial charge in [0.1, 0.15) is 12.3 Å². The molecule has 0 aliphatic rings. The largest absolute Gasteiger partial charge is 0.494 e. The SMILES string of the molecule is CCOc1cccc(N(CC(=O)Nc2ccccc2C(N)=O)S(C)(=O)=O)c1. The summed E-state index contributed by atoms with van der Waals surface area (Å²) in [5.41, 5.74) is 5.93. The van der Waals surface area contributed by atoms with Crippen LogP contribution < -0.4 is 20.1 Å². The van der Waals surface area contributed by atoms with Crippen molar-refractivity contribution in [1.82, 2.24) is 0 Å². The number of carbonyl (C=O) groups is 2. The quantitative estimate of drug-likeness (QED) is 0.708. The van der Waals surface area contributed by atoms with Crippen molar-refractivity contribution in [3.8, 4) is 5.75 Å². The lowest BCUT2D eigenvalue weighted by Crippen LogP contribution is -2.37. The molecule has 2 rings (SSSR count). The second-order valence-corrected chi connectivity index (χ2v) is 7.56. The lowest BCUT2D eigenvalue weighted by atomic mass is 10.1. The molecule has 0 heterocycles. The molecule has 2 amide bonds. The van der Waals surface area contributed by atoms with Gasteiger partial charge in [-0.05, 0) is 31.2 Å². The van der Waals surface area contributed by atoms with Crippen molar-refractivity contribution >= 4 is 33.2 Å².